The van der Waals surface area contributed by atoms with E-state index >= 15 is 0 Å². The van der Waals surface area contributed by atoms with Gasteiger partial charge in [0.2, 0.25) is 0 Å². The molecule has 1 fully saturated rings. The maximum absolute atomic E-state index is 13.6. The van der Waals surface area contributed by atoms with Crippen molar-refractivity contribution in [1.29, 1.82) is 0 Å². The zero-order valence-corrected chi connectivity index (χ0v) is 14.9. The minimum Gasteiger partial charge on any atom is -0.379 e. The molecule has 2 heterocycles. The summed E-state index contributed by atoms with van der Waals surface area (Å²) in [6.07, 6.45) is -4.59. The Morgan fingerprint density at radius 1 is 1.00 bits per heavy atom. The summed E-state index contributed by atoms with van der Waals surface area (Å²) in [5.74, 6) is 0.280. The highest BCUT2D eigenvalue weighted by Gasteiger charge is 2.34. The average Bonchev–Trinajstić information content (AvgIpc) is 2.68. The highest BCUT2D eigenvalue weighted by Crippen LogP contribution is 2.33. The molecular weight excluding hydrogens is 371 g/mol. The lowest BCUT2D eigenvalue weighted by atomic mass is 10.1. The third kappa shape index (κ3) is 3.53. The molecule has 0 spiro atoms. The van der Waals surface area contributed by atoms with Gasteiger partial charge in [-0.05, 0) is 24.3 Å². The van der Waals surface area contributed by atoms with E-state index in [9.17, 15) is 18.0 Å². The van der Waals surface area contributed by atoms with Gasteiger partial charge < -0.3 is 4.74 Å². The van der Waals surface area contributed by atoms with E-state index in [4.69, 9.17) is 4.74 Å². The van der Waals surface area contributed by atoms with Crippen LogP contribution in [0.25, 0.3) is 16.6 Å². The van der Waals surface area contributed by atoms with E-state index in [0.717, 1.165) is 10.6 Å². The minimum atomic E-state index is -4.59. The van der Waals surface area contributed by atoms with Gasteiger partial charge >= 0.3 is 6.18 Å². The normalized spacial score (nSPS) is 15.8. The van der Waals surface area contributed by atoms with Crippen molar-refractivity contribution in [2.24, 2.45) is 0 Å². The first-order valence-corrected chi connectivity index (χ1v) is 8.92. The van der Waals surface area contributed by atoms with E-state index in [1.807, 2.05) is 4.90 Å². The van der Waals surface area contributed by atoms with Crippen LogP contribution in [0.4, 0.5) is 13.2 Å². The van der Waals surface area contributed by atoms with Crippen LogP contribution in [0.5, 0.6) is 0 Å². The van der Waals surface area contributed by atoms with Gasteiger partial charge in [0.1, 0.15) is 5.82 Å². The number of hydrogen-bond donors (Lipinski definition) is 0. The number of alkyl halides is 3. The van der Waals surface area contributed by atoms with E-state index in [2.05, 4.69) is 4.98 Å². The molecule has 1 aliphatic rings. The van der Waals surface area contributed by atoms with Crippen LogP contribution in [0, 0.1) is 0 Å². The molecule has 0 N–H and O–H groups in total. The Bertz CT molecular complexity index is 1060. The van der Waals surface area contributed by atoms with Crippen LogP contribution in [0.2, 0.25) is 0 Å². The quantitative estimate of drug-likeness (QED) is 0.690. The summed E-state index contributed by atoms with van der Waals surface area (Å²) in [7, 11) is 0. The van der Waals surface area contributed by atoms with Crippen LogP contribution < -0.4 is 5.56 Å². The number of ether oxygens (including phenoxy) is 1. The molecule has 2 aromatic carbocycles. The monoisotopic (exact) mass is 389 g/mol. The summed E-state index contributed by atoms with van der Waals surface area (Å²) in [4.78, 5) is 19.7. The SMILES string of the molecule is O=c1c2ccccc2nc(CN2CCOCC2)n1-c1ccccc1C(F)(F)F. The minimum absolute atomic E-state index is 0.207. The topological polar surface area (TPSA) is 47.4 Å². The predicted octanol–water partition coefficient (Wildman–Crippen LogP) is 3.24. The summed E-state index contributed by atoms with van der Waals surface area (Å²) in [6.45, 7) is 2.59. The van der Waals surface area contributed by atoms with Crippen LogP contribution in [-0.2, 0) is 17.5 Å². The van der Waals surface area contributed by atoms with Crippen LogP contribution in [0.1, 0.15) is 11.4 Å². The van der Waals surface area contributed by atoms with Crippen molar-refractivity contribution in [3.63, 3.8) is 0 Å². The second kappa shape index (κ2) is 7.37. The third-order valence-electron chi connectivity index (χ3n) is 4.76. The first-order chi connectivity index (χ1) is 13.4. The van der Waals surface area contributed by atoms with E-state index < -0.39 is 17.3 Å². The Hall–Kier alpha value is -2.71. The highest BCUT2D eigenvalue weighted by molar-refractivity contribution is 5.78. The number of rotatable bonds is 3. The van der Waals surface area contributed by atoms with Gasteiger partial charge in [0.25, 0.3) is 5.56 Å². The van der Waals surface area contributed by atoms with E-state index in [-0.39, 0.29) is 23.4 Å². The maximum Gasteiger partial charge on any atom is 0.418 e. The number of benzene rings is 2. The van der Waals surface area contributed by atoms with Crippen molar-refractivity contribution in [3.8, 4) is 5.69 Å². The fourth-order valence-electron chi connectivity index (χ4n) is 3.40. The number of halogens is 3. The Labute approximate surface area is 159 Å². The van der Waals surface area contributed by atoms with Crippen molar-refractivity contribution < 1.29 is 17.9 Å². The smallest absolute Gasteiger partial charge is 0.379 e. The van der Waals surface area contributed by atoms with Gasteiger partial charge in [-0.1, -0.05) is 24.3 Å². The Morgan fingerprint density at radius 2 is 1.68 bits per heavy atom. The molecule has 28 heavy (non-hydrogen) atoms. The molecule has 0 amide bonds. The number of aromatic nitrogens is 2. The van der Waals surface area contributed by atoms with E-state index in [1.54, 1.807) is 24.3 Å². The van der Waals surface area contributed by atoms with Crippen molar-refractivity contribution in [1.82, 2.24) is 14.5 Å². The highest BCUT2D eigenvalue weighted by atomic mass is 19.4. The molecule has 3 aromatic rings. The van der Waals surface area contributed by atoms with Gasteiger partial charge in [-0.25, -0.2) is 4.98 Å². The van der Waals surface area contributed by atoms with Crippen LogP contribution in [0.3, 0.4) is 0 Å². The Balaban J connectivity index is 1.95. The molecule has 0 unspecified atom stereocenters. The predicted molar refractivity (Wildman–Crippen MR) is 98.4 cm³/mol. The van der Waals surface area contributed by atoms with E-state index in [1.165, 1.54) is 18.2 Å². The summed E-state index contributed by atoms with van der Waals surface area (Å²) >= 11 is 0. The zero-order valence-electron chi connectivity index (χ0n) is 14.9. The Morgan fingerprint density at radius 3 is 2.43 bits per heavy atom. The molecule has 1 aliphatic heterocycles. The number of fused-ring (bicyclic) bond motifs is 1. The molecular formula is C20H18F3N3O2. The summed E-state index contributed by atoms with van der Waals surface area (Å²) < 4.78 is 47.3. The summed E-state index contributed by atoms with van der Waals surface area (Å²) in [6, 6.07) is 11.8. The largest absolute Gasteiger partial charge is 0.418 e. The van der Waals surface area contributed by atoms with Crippen molar-refractivity contribution >= 4 is 10.9 Å². The maximum atomic E-state index is 13.6. The van der Waals surface area contributed by atoms with Crippen LogP contribution in [0.15, 0.2) is 53.3 Å². The van der Waals surface area contributed by atoms with Crippen LogP contribution in [-0.4, -0.2) is 40.8 Å². The molecule has 0 atom stereocenters. The molecule has 0 radical (unpaired) electrons. The van der Waals surface area contributed by atoms with Crippen molar-refractivity contribution in [2.75, 3.05) is 26.3 Å². The fourth-order valence-corrected chi connectivity index (χ4v) is 3.40. The Kier molecular flexibility index (Phi) is 4.91. The van der Waals surface area contributed by atoms with Gasteiger partial charge in [0.15, 0.2) is 0 Å². The lowest BCUT2D eigenvalue weighted by molar-refractivity contribution is -0.137. The molecule has 1 saturated heterocycles. The third-order valence-corrected chi connectivity index (χ3v) is 4.76. The number of morpholine rings is 1. The van der Waals surface area contributed by atoms with Gasteiger partial charge in [-0.15, -0.1) is 0 Å². The van der Waals surface area contributed by atoms with Gasteiger partial charge in [-0.2, -0.15) is 13.2 Å². The standard InChI is InChI=1S/C20H18F3N3O2/c21-20(22,23)15-6-2-4-8-17(15)26-18(13-25-9-11-28-12-10-25)24-16-7-3-1-5-14(16)19(26)27/h1-8H,9-13H2. The molecule has 0 bridgehead atoms. The molecule has 146 valence electrons. The molecule has 8 heteroatoms. The zero-order chi connectivity index (χ0) is 19.7. The lowest BCUT2D eigenvalue weighted by Gasteiger charge is -2.27. The van der Waals surface area contributed by atoms with E-state index in [0.29, 0.717) is 31.8 Å². The lowest BCUT2D eigenvalue weighted by Crippen LogP contribution is -2.38. The average molecular weight is 389 g/mol. The number of para-hydroxylation sites is 2. The molecule has 0 aliphatic carbocycles. The summed E-state index contributed by atoms with van der Waals surface area (Å²) in [5, 5.41) is 0.283. The number of nitrogens with zero attached hydrogens (tertiary/aromatic N) is 3. The van der Waals surface area contributed by atoms with Crippen molar-refractivity contribution in [2.45, 2.75) is 12.7 Å². The van der Waals surface area contributed by atoms with Crippen LogP contribution >= 0.6 is 0 Å². The fraction of sp³-hybridized carbons (Fsp3) is 0.300. The van der Waals surface area contributed by atoms with Gasteiger partial charge in [0, 0.05) is 13.1 Å². The first kappa shape index (κ1) is 18.6. The second-order valence-electron chi connectivity index (χ2n) is 6.59. The van der Waals surface area contributed by atoms with Gasteiger partial charge in [-0.3, -0.25) is 14.3 Å². The van der Waals surface area contributed by atoms with Crippen molar-refractivity contribution in [3.05, 3.63) is 70.3 Å². The first-order valence-electron chi connectivity index (χ1n) is 8.92. The number of hydrogen-bond acceptors (Lipinski definition) is 4. The molecule has 5 nitrogen and oxygen atoms in total. The molecule has 4 rings (SSSR count). The van der Waals surface area contributed by atoms with Gasteiger partial charge in [0.05, 0.1) is 41.9 Å². The summed E-state index contributed by atoms with van der Waals surface area (Å²) in [5.41, 5.74) is -1.11. The molecule has 1 aromatic heterocycles. The second-order valence-corrected chi connectivity index (χ2v) is 6.59. The molecule has 0 saturated carbocycles.